The van der Waals surface area contributed by atoms with E-state index in [0.29, 0.717) is 6.08 Å². The zero-order valence-electron chi connectivity index (χ0n) is 7.96. The Hall–Kier alpha value is -1.03. The first-order valence-corrected chi connectivity index (χ1v) is 4.57. The SMILES string of the molecule is Cc1nc(OC2CCNC2)oc1C. The normalized spacial score (nSPS) is 22.2. The molecule has 1 aliphatic rings. The van der Waals surface area contributed by atoms with Gasteiger partial charge in [-0.25, -0.2) is 0 Å². The molecule has 1 aromatic heterocycles. The van der Waals surface area contributed by atoms with Gasteiger partial charge >= 0.3 is 6.08 Å². The fourth-order valence-electron chi connectivity index (χ4n) is 1.37. The molecule has 0 aromatic carbocycles. The molecule has 1 fully saturated rings. The summed E-state index contributed by atoms with van der Waals surface area (Å²) in [7, 11) is 0. The number of aryl methyl sites for hydroxylation is 2. The lowest BCUT2D eigenvalue weighted by Gasteiger charge is -2.06. The molecule has 4 heteroatoms. The monoisotopic (exact) mass is 182 g/mol. The molecule has 0 aliphatic carbocycles. The van der Waals surface area contributed by atoms with Crippen molar-refractivity contribution >= 4 is 0 Å². The number of nitrogens with zero attached hydrogens (tertiary/aromatic N) is 1. The number of oxazole rings is 1. The van der Waals surface area contributed by atoms with Gasteiger partial charge in [-0.15, -0.1) is 0 Å². The standard InChI is InChI=1S/C9H14N2O2/c1-6-7(2)12-9(11-6)13-8-3-4-10-5-8/h8,10H,3-5H2,1-2H3. The van der Waals surface area contributed by atoms with E-state index in [2.05, 4.69) is 10.3 Å². The Morgan fingerprint density at radius 1 is 1.54 bits per heavy atom. The molecule has 2 heterocycles. The van der Waals surface area contributed by atoms with Gasteiger partial charge in [-0.2, -0.15) is 4.98 Å². The number of hydrogen-bond donors (Lipinski definition) is 1. The van der Waals surface area contributed by atoms with Crippen LogP contribution in [0, 0.1) is 13.8 Å². The summed E-state index contributed by atoms with van der Waals surface area (Å²) in [6.07, 6.45) is 1.65. The zero-order chi connectivity index (χ0) is 9.26. The first-order valence-electron chi connectivity index (χ1n) is 4.57. The highest BCUT2D eigenvalue weighted by Gasteiger charge is 2.18. The minimum atomic E-state index is 0.220. The third kappa shape index (κ3) is 1.83. The Morgan fingerprint density at radius 2 is 2.38 bits per heavy atom. The van der Waals surface area contributed by atoms with Crippen LogP contribution in [0.3, 0.4) is 0 Å². The van der Waals surface area contributed by atoms with E-state index < -0.39 is 0 Å². The van der Waals surface area contributed by atoms with E-state index in [1.807, 2.05) is 13.8 Å². The van der Waals surface area contributed by atoms with Gasteiger partial charge in [-0.3, -0.25) is 0 Å². The molecule has 0 saturated carbocycles. The van der Waals surface area contributed by atoms with E-state index in [1.54, 1.807) is 0 Å². The van der Waals surface area contributed by atoms with Crippen molar-refractivity contribution in [2.75, 3.05) is 13.1 Å². The molecule has 0 spiro atoms. The largest absolute Gasteiger partial charge is 0.445 e. The molecule has 1 unspecified atom stereocenters. The van der Waals surface area contributed by atoms with Gasteiger partial charge in [-0.1, -0.05) is 0 Å². The van der Waals surface area contributed by atoms with Gasteiger partial charge in [0.05, 0.1) is 5.69 Å². The first-order chi connectivity index (χ1) is 6.25. The summed E-state index contributed by atoms with van der Waals surface area (Å²) in [5, 5.41) is 3.22. The van der Waals surface area contributed by atoms with E-state index in [4.69, 9.17) is 9.15 Å². The van der Waals surface area contributed by atoms with Crippen LogP contribution >= 0.6 is 0 Å². The second-order valence-electron chi connectivity index (χ2n) is 3.35. The predicted octanol–water partition coefficient (Wildman–Crippen LogP) is 1.03. The van der Waals surface area contributed by atoms with Gasteiger partial charge in [0.2, 0.25) is 0 Å². The molecular weight excluding hydrogens is 168 g/mol. The Bertz CT molecular complexity index is 270. The highest BCUT2D eigenvalue weighted by Crippen LogP contribution is 2.17. The molecule has 1 saturated heterocycles. The van der Waals surface area contributed by atoms with Crippen molar-refractivity contribution in [2.24, 2.45) is 0 Å². The maximum absolute atomic E-state index is 5.54. The minimum Gasteiger partial charge on any atom is -0.445 e. The fourth-order valence-corrected chi connectivity index (χ4v) is 1.37. The summed E-state index contributed by atoms with van der Waals surface area (Å²) in [5.74, 6) is 0.834. The van der Waals surface area contributed by atoms with Crippen molar-refractivity contribution < 1.29 is 9.15 Å². The quantitative estimate of drug-likeness (QED) is 0.742. The summed E-state index contributed by atoms with van der Waals surface area (Å²) in [6.45, 7) is 5.71. The van der Waals surface area contributed by atoms with E-state index in [1.165, 1.54) is 0 Å². The number of rotatable bonds is 2. The Kier molecular flexibility index (Phi) is 2.22. The number of hydrogen-bond acceptors (Lipinski definition) is 4. The van der Waals surface area contributed by atoms with Crippen LogP contribution in [0.1, 0.15) is 17.9 Å². The van der Waals surface area contributed by atoms with Crippen molar-refractivity contribution in [3.63, 3.8) is 0 Å². The van der Waals surface area contributed by atoms with Gasteiger partial charge in [0.1, 0.15) is 11.9 Å². The highest BCUT2D eigenvalue weighted by atomic mass is 16.6. The van der Waals surface area contributed by atoms with Gasteiger partial charge in [0.15, 0.2) is 0 Å². The van der Waals surface area contributed by atoms with Crippen molar-refractivity contribution in [1.82, 2.24) is 10.3 Å². The molecular formula is C9H14N2O2. The van der Waals surface area contributed by atoms with Crippen molar-refractivity contribution in [3.05, 3.63) is 11.5 Å². The summed E-state index contributed by atoms with van der Waals surface area (Å²) in [6, 6.07) is 0. The van der Waals surface area contributed by atoms with Crippen LogP contribution in [-0.2, 0) is 0 Å². The third-order valence-corrected chi connectivity index (χ3v) is 2.29. The lowest BCUT2D eigenvalue weighted by atomic mass is 10.3. The number of ether oxygens (including phenoxy) is 1. The second-order valence-corrected chi connectivity index (χ2v) is 3.35. The molecule has 2 rings (SSSR count). The molecule has 0 amide bonds. The average Bonchev–Trinajstić information content (AvgIpc) is 2.64. The maximum atomic E-state index is 5.54. The maximum Gasteiger partial charge on any atom is 0.394 e. The van der Waals surface area contributed by atoms with Gasteiger partial charge in [0, 0.05) is 6.54 Å². The van der Waals surface area contributed by atoms with Gasteiger partial charge < -0.3 is 14.5 Å². The third-order valence-electron chi connectivity index (χ3n) is 2.29. The molecule has 13 heavy (non-hydrogen) atoms. The fraction of sp³-hybridized carbons (Fsp3) is 0.667. The van der Waals surface area contributed by atoms with Gasteiger partial charge in [0.25, 0.3) is 0 Å². The lowest BCUT2D eigenvalue weighted by Crippen LogP contribution is -2.19. The second kappa shape index (κ2) is 3.38. The molecule has 72 valence electrons. The predicted molar refractivity (Wildman–Crippen MR) is 47.9 cm³/mol. The highest BCUT2D eigenvalue weighted by molar-refractivity contribution is 5.08. The Labute approximate surface area is 77.3 Å². The Balaban J connectivity index is 2.00. The summed E-state index contributed by atoms with van der Waals surface area (Å²) in [5.41, 5.74) is 0.904. The van der Waals surface area contributed by atoms with E-state index in [0.717, 1.165) is 31.0 Å². The molecule has 4 nitrogen and oxygen atoms in total. The topological polar surface area (TPSA) is 47.3 Å². The molecule has 0 radical (unpaired) electrons. The average molecular weight is 182 g/mol. The van der Waals surface area contributed by atoms with E-state index in [9.17, 15) is 0 Å². The molecule has 1 aliphatic heterocycles. The number of nitrogens with one attached hydrogen (secondary N) is 1. The van der Waals surface area contributed by atoms with Crippen LogP contribution in [0.15, 0.2) is 4.42 Å². The zero-order valence-corrected chi connectivity index (χ0v) is 7.96. The van der Waals surface area contributed by atoms with Crippen LogP contribution in [0.25, 0.3) is 0 Å². The summed E-state index contributed by atoms with van der Waals surface area (Å²) >= 11 is 0. The molecule has 1 atom stereocenters. The van der Waals surface area contributed by atoms with Crippen LogP contribution in [0.5, 0.6) is 6.08 Å². The van der Waals surface area contributed by atoms with Crippen molar-refractivity contribution in [1.29, 1.82) is 0 Å². The summed E-state index contributed by atoms with van der Waals surface area (Å²) < 4.78 is 10.9. The first kappa shape index (κ1) is 8.56. The van der Waals surface area contributed by atoms with Crippen LogP contribution < -0.4 is 10.1 Å². The van der Waals surface area contributed by atoms with Crippen molar-refractivity contribution in [3.8, 4) is 6.08 Å². The van der Waals surface area contributed by atoms with Crippen molar-refractivity contribution in [2.45, 2.75) is 26.4 Å². The van der Waals surface area contributed by atoms with Crippen LogP contribution in [0.2, 0.25) is 0 Å². The summed E-state index contributed by atoms with van der Waals surface area (Å²) in [4.78, 5) is 4.16. The van der Waals surface area contributed by atoms with E-state index >= 15 is 0 Å². The van der Waals surface area contributed by atoms with Crippen LogP contribution in [0.4, 0.5) is 0 Å². The van der Waals surface area contributed by atoms with Crippen LogP contribution in [-0.4, -0.2) is 24.2 Å². The molecule has 0 bridgehead atoms. The molecule has 1 aromatic rings. The molecule has 1 N–H and O–H groups in total. The minimum absolute atomic E-state index is 0.220. The smallest absolute Gasteiger partial charge is 0.394 e. The van der Waals surface area contributed by atoms with Gasteiger partial charge in [-0.05, 0) is 26.8 Å². The Morgan fingerprint density at radius 3 is 2.92 bits per heavy atom. The van der Waals surface area contributed by atoms with E-state index in [-0.39, 0.29) is 6.10 Å². The lowest BCUT2D eigenvalue weighted by molar-refractivity contribution is 0.160. The number of aromatic nitrogens is 1.